The van der Waals surface area contributed by atoms with Gasteiger partial charge in [-0.05, 0) is 85.0 Å². The normalized spacial score (nSPS) is 22.0. The molecule has 4 heterocycles. The van der Waals surface area contributed by atoms with Gasteiger partial charge in [0.05, 0.1) is 29.7 Å². The summed E-state index contributed by atoms with van der Waals surface area (Å²) in [7, 11) is 1.32. The number of fused-ring (bicyclic) bond motifs is 3. The quantitative estimate of drug-likeness (QED) is 0.151. The Morgan fingerprint density at radius 3 is 2.48 bits per heavy atom. The number of nitriles is 1. The van der Waals surface area contributed by atoms with Crippen LogP contribution in [0.2, 0.25) is 5.02 Å². The van der Waals surface area contributed by atoms with Gasteiger partial charge in [0, 0.05) is 37.8 Å². The predicted octanol–water partition coefficient (Wildman–Crippen LogP) is 7.53. The van der Waals surface area contributed by atoms with Gasteiger partial charge < -0.3 is 24.1 Å². The summed E-state index contributed by atoms with van der Waals surface area (Å²) < 4.78 is 61.1. The van der Waals surface area contributed by atoms with E-state index in [1.807, 2.05) is 30.3 Å². The molecule has 300 valence electrons. The van der Waals surface area contributed by atoms with Crippen LogP contribution < -0.4 is 9.47 Å². The van der Waals surface area contributed by atoms with E-state index in [0.717, 1.165) is 28.7 Å². The zero-order chi connectivity index (χ0) is 40.5. The summed E-state index contributed by atoms with van der Waals surface area (Å²) in [6.45, 7) is 1.98. The van der Waals surface area contributed by atoms with Crippen LogP contribution >= 0.6 is 11.6 Å². The number of nitrogens with zero attached hydrogens (tertiary/aromatic N) is 6. The number of carboxylic acid groups (broad SMARTS) is 1. The van der Waals surface area contributed by atoms with Gasteiger partial charge in [-0.25, -0.2) is 9.97 Å². The van der Waals surface area contributed by atoms with Crippen molar-refractivity contribution in [2.24, 2.45) is 5.92 Å². The number of hydrogen-bond acceptors (Lipinski definition) is 11. The van der Waals surface area contributed by atoms with E-state index in [-0.39, 0.29) is 30.1 Å². The molecule has 12 nitrogen and oxygen atoms in total. The molecule has 0 amide bonds. The summed E-state index contributed by atoms with van der Waals surface area (Å²) in [4.78, 5) is 28.6. The lowest BCUT2D eigenvalue weighted by Gasteiger charge is -2.24. The smallest absolute Gasteiger partial charge is 0.438 e. The molecular weight excluding hydrogens is 777 g/mol. The van der Waals surface area contributed by atoms with Crippen LogP contribution in [-0.2, 0) is 30.4 Å². The minimum absolute atomic E-state index is 0.00810. The molecule has 2 aromatic heterocycles. The largest absolute Gasteiger partial charge is 0.481 e. The Balaban J connectivity index is 1.02. The minimum atomic E-state index is -4.86. The fourth-order valence-corrected chi connectivity index (χ4v) is 9.49. The fourth-order valence-electron chi connectivity index (χ4n) is 9.18. The molecule has 0 unspecified atom stereocenters. The Morgan fingerprint density at radius 2 is 1.76 bits per heavy atom. The van der Waals surface area contributed by atoms with E-state index in [4.69, 9.17) is 30.5 Å². The molecule has 3 aromatic carbocycles. The third kappa shape index (κ3) is 6.71. The maximum Gasteiger partial charge on any atom is 0.438 e. The first-order chi connectivity index (χ1) is 27.9. The molecule has 0 spiro atoms. The van der Waals surface area contributed by atoms with Crippen LogP contribution in [-0.4, -0.2) is 80.3 Å². The molecule has 2 aliphatic carbocycles. The third-order valence-electron chi connectivity index (χ3n) is 11.9. The Bertz CT molecular complexity index is 2500. The van der Waals surface area contributed by atoms with Crippen molar-refractivity contribution in [1.82, 2.24) is 24.8 Å². The molecule has 0 bridgehead atoms. The number of benzene rings is 3. The standard InChI is InChI=1S/C42H38ClF3N6O6/c1-56-39-32(20-51-14-13-22(53)19-51)48-37(42(44,45)46)40(50-39)57-34-11-9-24-23(4-2-5-26(24)34)27-6-3-7-28(35(27)43)38-49-31-16-29-25(30(17-47)36(31)58-38)8-10-33(29)52-15-12-21(18-52)41(54)55/h2-7,16,21-22,33-34,53H,8-15,18-20H2,1H3,(H,54,55)/t21-,22-,33-,34+/m1/s1. The summed E-state index contributed by atoms with van der Waals surface area (Å²) >= 11 is 7.16. The first-order valence-electron chi connectivity index (χ1n) is 19.2. The first-order valence-corrected chi connectivity index (χ1v) is 19.6. The number of aromatic nitrogens is 3. The Hall–Kier alpha value is -5.27. The molecule has 5 aromatic rings. The van der Waals surface area contributed by atoms with Crippen LogP contribution in [0, 0.1) is 17.2 Å². The van der Waals surface area contributed by atoms with Crippen LogP contribution in [0.3, 0.4) is 0 Å². The number of rotatable bonds is 9. The van der Waals surface area contributed by atoms with E-state index in [0.29, 0.717) is 96.7 Å². The summed E-state index contributed by atoms with van der Waals surface area (Å²) in [5.41, 5.74) is 5.42. The molecule has 4 atom stereocenters. The number of hydrogen-bond donors (Lipinski definition) is 2. The maximum atomic E-state index is 14.5. The summed E-state index contributed by atoms with van der Waals surface area (Å²) in [6.07, 6.45) is -2.77. The van der Waals surface area contributed by atoms with Crippen LogP contribution in [0.1, 0.15) is 77.0 Å². The summed E-state index contributed by atoms with van der Waals surface area (Å²) in [6, 6.07) is 15.3. The lowest BCUT2D eigenvalue weighted by molar-refractivity contribution is -0.144. The van der Waals surface area contributed by atoms with Gasteiger partial charge in [-0.2, -0.15) is 23.4 Å². The van der Waals surface area contributed by atoms with E-state index in [9.17, 15) is 33.4 Å². The van der Waals surface area contributed by atoms with Crippen molar-refractivity contribution in [2.45, 2.75) is 69.5 Å². The number of aliphatic hydroxyl groups is 1. The fraction of sp³-hybridized carbons (Fsp3) is 0.405. The van der Waals surface area contributed by atoms with Crippen LogP contribution in [0.15, 0.2) is 46.9 Å². The molecule has 2 saturated heterocycles. The van der Waals surface area contributed by atoms with Crippen molar-refractivity contribution >= 4 is 28.7 Å². The SMILES string of the molecule is COc1nc(O[C@H]2CCc3c(-c4cccc(-c5nc6cc7c(c(C#N)c6o5)CC[C@H]7N5CC[C@@H](C(=O)O)C5)c4Cl)cccc32)c(C(F)(F)F)nc1CN1CC[C@@H](O)C1. The second-order valence-corrected chi connectivity index (χ2v) is 15.7. The number of halogens is 4. The molecule has 58 heavy (non-hydrogen) atoms. The Morgan fingerprint density at radius 1 is 0.983 bits per heavy atom. The van der Waals surface area contributed by atoms with Crippen molar-refractivity contribution in [1.29, 1.82) is 5.26 Å². The molecule has 4 aliphatic rings. The molecule has 2 N–H and O–H groups in total. The Kier molecular flexibility index (Phi) is 9.79. The van der Waals surface area contributed by atoms with Gasteiger partial charge in [0.1, 0.15) is 28.9 Å². The minimum Gasteiger partial charge on any atom is -0.481 e. The number of carbonyl (C=O) groups is 1. The zero-order valence-electron chi connectivity index (χ0n) is 31.4. The molecule has 0 radical (unpaired) electrons. The van der Waals surface area contributed by atoms with Crippen molar-refractivity contribution in [3.8, 4) is 40.4 Å². The van der Waals surface area contributed by atoms with E-state index < -0.39 is 41.8 Å². The number of ether oxygens (including phenoxy) is 2. The number of alkyl halides is 3. The highest BCUT2D eigenvalue weighted by Gasteiger charge is 2.41. The van der Waals surface area contributed by atoms with Gasteiger partial charge in [0.2, 0.25) is 23.3 Å². The van der Waals surface area contributed by atoms with Gasteiger partial charge in [-0.15, -0.1) is 0 Å². The highest BCUT2D eigenvalue weighted by molar-refractivity contribution is 6.36. The molecule has 2 fully saturated rings. The van der Waals surface area contributed by atoms with E-state index in [1.54, 1.807) is 17.0 Å². The van der Waals surface area contributed by atoms with Crippen molar-refractivity contribution in [2.75, 3.05) is 33.3 Å². The second-order valence-electron chi connectivity index (χ2n) is 15.4. The number of likely N-dealkylation sites (tertiary alicyclic amines) is 2. The van der Waals surface area contributed by atoms with E-state index >= 15 is 0 Å². The molecule has 2 aliphatic heterocycles. The average Bonchev–Trinajstić information content (AvgIpc) is 4.05. The topological polar surface area (TPSA) is 158 Å². The van der Waals surface area contributed by atoms with Crippen LogP contribution in [0.5, 0.6) is 11.8 Å². The number of β-amino-alcohol motifs (C(OH)–C–C–N with tert-alkyl or cyclic N) is 1. The van der Waals surface area contributed by atoms with Crippen LogP contribution in [0.25, 0.3) is 33.7 Å². The van der Waals surface area contributed by atoms with Gasteiger partial charge >= 0.3 is 12.1 Å². The second kappa shape index (κ2) is 14.8. The average molecular weight is 815 g/mol. The molecule has 0 saturated carbocycles. The Labute approximate surface area is 335 Å². The lowest BCUT2D eigenvalue weighted by Crippen LogP contribution is -2.26. The van der Waals surface area contributed by atoms with E-state index in [2.05, 4.69) is 20.9 Å². The number of oxazole rings is 1. The first kappa shape index (κ1) is 38.3. The monoisotopic (exact) mass is 814 g/mol. The molecular formula is C42H38ClF3N6O6. The van der Waals surface area contributed by atoms with Gasteiger partial charge in [-0.1, -0.05) is 41.9 Å². The summed E-state index contributed by atoms with van der Waals surface area (Å²) in [5.74, 6) is -1.73. The lowest BCUT2D eigenvalue weighted by atomic mass is 9.95. The number of methoxy groups -OCH3 is 1. The highest BCUT2D eigenvalue weighted by atomic mass is 35.5. The van der Waals surface area contributed by atoms with Gasteiger partial charge in [0.25, 0.3) is 0 Å². The van der Waals surface area contributed by atoms with E-state index in [1.165, 1.54) is 7.11 Å². The third-order valence-corrected chi connectivity index (χ3v) is 12.3. The summed E-state index contributed by atoms with van der Waals surface area (Å²) in [5, 5.41) is 30.1. The van der Waals surface area contributed by atoms with Gasteiger partial charge in [0.15, 0.2) is 5.58 Å². The molecule has 16 heteroatoms. The number of aliphatic carboxylic acids is 1. The number of carboxylic acids is 1. The van der Waals surface area contributed by atoms with Crippen molar-refractivity contribution in [3.63, 3.8) is 0 Å². The maximum absolute atomic E-state index is 14.5. The molecule has 9 rings (SSSR count). The zero-order valence-corrected chi connectivity index (χ0v) is 32.1. The van der Waals surface area contributed by atoms with Crippen molar-refractivity contribution in [3.05, 3.63) is 86.7 Å². The van der Waals surface area contributed by atoms with Gasteiger partial charge in [-0.3, -0.25) is 14.6 Å². The predicted molar refractivity (Wildman–Crippen MR) is 204 cm³/mol. The van der Waals surface area contributed by atoms with Crippen molar-refractivity contribution < 1.29 is 42.1 Å². The van der Waals surface area contributed by atoms with Crippen LogP contribution in [0.4, 0.5) is 13.2 Å². The number of aliphatic hydroxyl groups excluding tert-OH is 1. The highest BCUT2D eigenvalue weighted by Crippen LogP contribution is 2.47.